The molecule has 2 saturated heterocycles. The molecule has 0 aliphatic carbocycles. The third kappa shape index (κ3) is 9.84. The molecule has 0 spiro atoms. The highest BCUT2D eigenvalue weighted by Gasteiger charge is 2.44. The number of nitrogens with zero attached hydrogens (tertiary/aromatic N) is 2. The van der Waals surface area contributed by atoms with Gasteiger partial charge in [-0.3, -0.25) is 14.4 Å². The number of likely N-dealkylation sites (tertiary alicyclic amines) is 2. The molecule has 0 unspecified atom stereocenters. The summed E-state index contributed by atoms with van der Waals surface area (Å²) in [5.74, 6) is -0.144. The van der Waals surface area contributed by atoms with Crippen molar-refractivity contribution in [1.82, 2.24) is 25.8 Å². The number of quaternary nitrogens is 1. The molecule has 2 heterocycles. The Bertz CT molecular complexity index is 1590. The summed E-state index contributed by atoms with van der Waals surface area (Å²) in [5, 5.41) is 11.5. The number of piperidine rings is 2. The van der Waals surface area contributed by atoms with Crippen LogP contribution in [0.25, 0.3) is 10.8 Å². The van der Waals surface area contributed by atoms with E-state index in [4.69, 9.17) is 0 Å². The maximum Gasteiger partial charge on any atom is 0.318 e. The normalized spacial score (nSPS) is 18.8. The van der Waals surface area contributed by atoms with Gasteiger partial charge in [-0.2, -0.15) is 0 Å². The average molecular weight is 684 g/mol. The number of unbranched alkanes of at least 4 members (excludes halogenated alkanes) is 2. The number of rotatable bonds is 14. The average Bonchev–Trinajstić information content (AvgIpc) is 3.13. The number of nitrogens with one attached hydrogen (secondary N) is 3. The molecule has 2 atom stereocenters. The number of benzene rings is 3. The van der Waals surface area contributed by atoms with E-state index in [1.807, 2.05) is 55.5 Å². The maximum atomic E-state index is 14.5. The van der Waals surface area contributed by atoms with Gasteiger partial charge in [0.05, 0.1) is 12.0 Å². The lowest BCUT2D eigenvalue weighted by molar-refractivity contribution is -0.368. The Morgan fingerprint density at radius 2 is 1.60 bits per heavy atom. The predicted octanol–water partition coefficient (Wildman–Crippen LogP) is 3.83. The van der Waals surface area contributed by atoms with Crippen LogP contribution >= 0.6 is 0 Å². The van der Waals surface area contributed by atoms with Gasteiger partial charge in [-0.1, -0.05) is 72.8 Å². The molecule has 2 fully saturated rings. The number of urea groups is 1. The molecular formula is C40H55N6O4+. The van der Waals surface area contributed by atoms with Crippen LogP contribution in [0.1, 0.15) is 69.4 Å². The van der Waals surface area contributed by atoms with E-state index in [1.165, 1.54) is 0 Å². The summed E-state index contributed by atoms with van der Waals surface area (Å²) in [6.07, 6.45) is 7.00. The largest absolute Gasteiger partial charge is 0.358 e. The molecule has 5 rings (SSSR count). The molecule has 2 aliphatic rings. The topological polar surface area (TPSA) is 138 Å². The van der Waals surface area contributed by atoms with Gasteiger partial charge in [-0.25, -0.2) is 4.79 Å². The molecule has 0 saturated carbocycles. The summed E-state index contributed by atoms with van der Waals surface area (Å²) in [6, 6.07) is 23.2. The first kappa shape index (κ1) is 36.8. The Morgan fingerprint density at radius 3 is 2.34 bits per heavy atom. The van der Waals surface area contributed by atoms with Crippen LogP contribution in [0.4, 0.5) is 4.79 Å². The van der Waals surface area contributed by atoms with Gasteiger partial charge in [0.2, 0.25) is 17.7 Å². The number of fused-ring (bicyclic) bond motifs is 1. The highest BCUT2D eigenvalue weighted by molar-refractivity contribution is 5.90. The smallest absolute Gasteiger partial charge is 0.318 e. The first-order valence-electron chi connectivity index (χ1n) is 18.5. The van der Waals surface area contributed by atoms with Crippen LogP contribution in [0.5, 0.6) is 0 Å². The van der Waals surface area contributed by atoms with Crippen LogP contribution < -0.4 is 21.7 Å². The zero-order valence-electron chi connectivity index (χ0n) is 29.6. The van der Waals surface area contributed by atoms with Gasteiger partial charge in [0.25, 0.3) is 0 Å². The van der Waals surface area contributed by atoms with Gasteiger partial charge in [0.1, 0.15) is 6.04 Å². The van der Waals surface area contributed by atoms with E-state index in [9.17, 15) is 19.2 Å². The Labute approximate surface area is 296 Å². The van der Waals surface area contributed by atoms with Crippen molar-refractivity contribution in [2.75, 3.05) is 39.3 Å². The third-order valence-corrected chi connectivity index (χ3v) is 10.2. The summed E-state index contributed by atoms with van der Waals surface area (Å²) in [5.41, 5.74) is 5.11. The molecule has 6 N–H and O–H groups in total. The van der Waals surface area contributed by atoms with Crippen molar-refractivity contribution in [3.05, 3.63) is 83.9 Å². The van der Waals surface area contributed by atoms with Crippen LogP contribution in [-0.2, 0) is 27.2 Å². The number of hydrogen-bond acceptors (Lipinski definition) is 4. The number of hydrogen-bond donors (Lipinski definition) is 4. The van der Waals surface area contributed by atoms with Crippen LogP contribution in [0.2, 0.25) is 0 Å². The summed E-state index contributed by atoms with van der Waals surface area (Å²) in [6.45, 7) is 5.13. The first-order valence-corrected chi connectivity index (χ1v) is 18.5. The molecule has 10 heteroatoms. The van der Waals surface area contributed by atoms with Crippen molar-refractivity contribution in [1.29, 1.82) is 0 Å². The van der Waals surface area contributed by atoms with Crippen molar-refractivity contribution in [2.45, 2.75) is 83.2 Å². The lowest BCUT2D eigenvalue weighted by Crippen LogP contribution is -2.59. The van der Waals surface area contributed by atoms with E-state index in [2.05, 4.69) is 45.9 Å². The van der Waals surface area contributed by atoms with E-state index in [0.717, 1.165) is 47.7 Å². The van der Waals surface area contributed by atoms with E-state index in [0.29, 0.717) is 71.1 Å². The highest BCUT2D eigenvalue weighted by Crippen LogP contribution is 2.35. The molecule has 50 heavy (non-hydrogen) atoms. The van der Waals surface area contributed by atoms with Gasteiger partial charge in [-0.05, 0) is 80.2 Å². The molecule has 0 bridgehead atoms. The molecule has 0 aromatic heterocycles. The summed E-state index contributed by atoms with van der Waals surface area (Å²) < 4.78 is 0. The van der Waals surface area contributed by atoms with E-state index in [-0.39, 0.29) is 36.3 Å². The summed E-state index contributed by atoms with van der Waals surface area (Å²) >= 11 is 0. The third-order valence-electron chi connectivity index (χ3n) is 10.2. The minimum Gasteiger partial charge on any atom is -0.358 e. The van der Waals surface area contributed by atoms with Crippen molar-refractivity contribution in [3.63, 3.8) is 0 Å². The Hall–Kier alpha value is -4.44. The predicted molar refractivity (Wildman–Crippen MR) is 196 cm³/mol. The molecule has 3 aromatic carbocycles. The van der Waals surface area contributed by atoms with Crippen LogP contribution in [-0.4, -0.2) is 84.9 Å². The van der Waals surface area contributed by atoms with Crippen molar-refractivity contribution in [2.24, 2.45) is 5.41 Å². The van der Waals surface area contributed by atoms with Gasteiger partial charge in [0.15, 0.2) is 0 Å². The minimum absolute atomic E-state index is 0.0368. The summed E-state index contributed by atoms with van der Waals surface area (Å²) in [4.78, 5) is 58.0. The molecule has 10 nitrogen and oxygen atoms in total. The minimum atomic E-state index is -0.804. The second kappa shape index (κ2) is 18.0. The zero-order valence-corrected chi connectivity index (χ0v) is 29.6. The van der Waals surface area contributed by atoms with Gasteiger partial charge < -0.3 is 31.5 Å². The molecule has 2 aliphatic heterocycles. The van der Waals surface area contributed by atoms with Gasteiger partial charge in [-0.15, -0.1) is 0 Å². The second-order valence-electron chi connectivity index (χ2n) is 14.0. The fourth-order valence-corrected chi connectivity index (χ4v) is 7.49. The van der Waals surface area contributed by atoms with Gasteiger partial charge in [0, 0.05) is 51.6 Å². The molecular weight excluding hydrogens is 628 g/mol. The number of carbonyl (C=O) groups excluding carboxylic acids is 4. The quantitative estimate of drug-likeness (QED) is 0.192. The summed E-state index contributed by atoms with van der Waals surface area (Å²) in [7, 11) is 0. The SMILES string of the molecule is CCNC(=O)[C@]1(Cc2ccccc2)CCCN(C(=O)[C@@H](Cc2ccc3ccccc3c2)NC(=O)N2CCC(NC(=O)CCCCC[NH3+])CC2)C1. The lowest BCUT2D eigenvalue weighted by atomic mass is 9.74. The highest BCUT2D eigenvalue weighted by atomic mass is 16.2. The van der Waals surface area contributed by atoms with Crippen molar-refractivity contribution < 1.29 is 24.9 Å². The van der Waals surface area contributed by atoms with Crippen LogP contribution in [0.15, 0.2) is 72.8 Å². The van der Waals surface area contributed by atoms with E-state index in [1.54, 1.807) is 9.80 Å². The fraction of sp³-hybridized carbons (Fsp3) is 0.500. The first-order chi connectivity index (χ1) is 24.3. The Kier molecular flexibility index (Phi) is 13.3. The van der Waals surface area contributed by atoms with E-state index < -0.39 is 11.5 Å². The maximum absolute atomic E-state index is 14.5. The monoisotopic (exact) mass is 683 g/mol. The molecule has 3 aromatic rings. The standard InChI is InChI=1S/C40H54N6O4/c1-2-42-38(49)40(28-30-12-5-3-6-13-30)21-11-23-46(29-40)37(48)35(27-31-17-18-32-14-8-9-15-33(32)26-31)44-39(50)45-24-19-34(20-25-45)43-36(47)16-7-4-10-22-41/h3,5-6,8-9,12-15,17-18,26,34-35H,2,4,7,10-11,16,19-25,27-29,41H2,1H3,(H,42,49)(H,43,47)(H,44,50)/p+1/t35-,40+/m1/s1. The van der Waals surface area contributed by atoms with Gasteiger partial charge >= 0.3 is 6.03 Å². The molecule has 268 valence electrons. The zero-order chi connectivity index (χ0) is 35.3. The Balaban J connectivity index is 1.30. The van der Waals surface area contributed by atoms with Crippen LogP contribution in [0, 0.1) is 5.41 Å². The van der Waals surface area contributed by atoms with Crippen molar-refractivity contribution in [3.8, 4) is 0 Å². The number of carbonyl (C=O) groups is 4. The molecule has 0 radical (unpaired) electrons. The Morgan fingerprint density at radius 1 is 0.860 bits per heavy atom. The van der Waals surface area contributed by atoms with Crippen LogP contribution in [0.3, 0.4) is 0 Å². The van der Waals surface area contributed by atoms with Crippen molar-refractivity contribution >= 4 is 34.5 Å². The fourth-order valence-electron chi connectivity index (χ4n) is 7.49. The lowest BCUT2D eigenvalue weighted by Gasteiger charge is -2.43. The number of amides is 5. The molecule has 5 amide bonds. The second-order valence-corrected chi connectivity index (χ2v) is 14.0. The van der Waals surface area contributed by atoms with E-state index >= 15 is 0 Å².